The second-order valence-electron chi connectivity index (χ2n) is 5.01. The van der Waals surface area contributed by atoms with Gasteiger partial charge < -0.3 is 14.6 Å². The molecule has 2 aromatic rings. The molecule has 0 saturated heterocycles. The lowest BCUT2D eigenvalue weighted by atomic mass is 10.1. The zero-order valence-electron chi connectivity index (χ0n) is 13.0. The van der Waals surface area contributed by atoms with Crippen LogP contribution in [0.1, 0.15) is 30.6 Å². The quantitative estimate of drug-likeness (QED) is 0.740. The summed E-state index contributed by atoms with van der Waals surface area (Å²) < 4.78 is 11.0. The summed E-state index contributed by atoms with van der Waals surface area (Å²) in [5, 5.41) is 9.89. The summed E-state index contributed by atoms with van der Waals surface area (Å²) in [7, 11) is 0. The average molecular weight is 370 g/mol. The van der Waals surface area contributed by atoms with E-state index >= 15 is 0 Å². The fourth-order valence-electron chi connectivity index (χ4n) is 2.09. The van der Waals surface area contributed by atoms with Gasteiger partial charge in [0.15, 0.2) is 0 Å². The summed E-state index contributed by atoms with van der Waals surface area (Å²) in [4.78, 5) is 15.1. The topological polar surface area (TPSA) is 68.7 Å². The Morgan fingerprint density at radius 3 is 2.62 bits per heavy atom. The van der Waals surface area contributed by atoms with Crippen LogP contribution in [0.5, 0.6) is 5.88 Å². The minimum absolute atomic E-state index is 0.112. The number of halogens is 2. The molecule has 24 heavy (non-hydrogen) atoms. The molecule has 0 aliphatic rings. The lowest BCUT2D eigenvalue weighted by Crippen LogP contribution is -2.10. The SMILES string of the molecule is CCOC(CC(=O)O)c1ccc(OCc2ccc(Cl)c(Cl)c2)nc1. The average Bonchev–Trinajstić information content (AvgIpc) is 2.56. The van der Waals surface area contributed by atoms with Gasteiger partial charge in [0.25, 0.3) is 0 Å². The van der Waals surface area contributed by atoms with E-state index < -0.39 is 12.1 Å². The summed E-state index contributed by atoms with van der Waals surface area (Å²) >= 11 is 11.8. The number of carboxylic acids is 1. The number of nitrogens with zero attached hydrogens (tertiary/aromatic N) is 1. The van der Waals surface area contributed by atoms with Crippen molar-refractivity contribution in [3.63, 3.8) is 0 Å². The highest BCUT2D eigenvalue weighted by Gasteiger charge is 2.16. The largest absolute Gasteiger partial charge is 0.481 e. The van der Waals surface area contributed by atoms with Crippen LogP contribution in [0, 0.1) is 0 Å². The number of aromatic nitrogens is 1. The van der Waals surface area contributed by atoms with Gasteiger partial charge in [0, 0.05) is 18.9 Å². The normalized spacial score (nSPS) is 12.0. The smallest absolute Gasteiger partial charge is 0.306 e. The molecule has 1 heterocycles. The molecule has 1 atom stereocenters. The fraction of sp³-hybridized carbons (Fsp3) is 0.294. The summed E-state index contributed by atoms with van der Waals surface area (Å²) in [5.41, 5.74) is 1.56. The van der Waals surface area contributed by atoms with Crippen LogP contribution in [-0.4, -0.2) is 22.7 Å². The van der Waals surface area contributed by atoms with Crippen molar-refractivity contribution < 1.29 is 19.4 Å². The van der Waals surface area contributed by atoms with Crippen molar-refractivity contribution in [3.8, 4) is 5.88 Å². The first-order chi connectivity index (χ1) is 11.5. The van der Waals surface area contributed by atoms with Gasteiger partial charge in [-0.1, -0.05) is 29.3 Å². The van der Waals surface area contributed by atoms with Gasteiger partial charge in [0.2, 0.25) is 5.88 Å². The van der Waals surface area contributed by atoms with E-state index in [1.807, 2.05) is 13.0 Å². The number of hydrogen-bond acceptors (Lipinski definition) is 4. The lowest BCUT2D eigenvalue weighted by molar-refractivity contribution is -0.140. The zero-order valence-corrected chi connectivity index (χ0v) is 14.5. The summed E-state index contributed by atoms with van der Waals surface area (Å²) in [5.74, 6) is -0.496. The van der Waals surface area contributed by atoms with Crippen LogP contribution in [0.3, 0.4) is 0 Å². The van der Waals surface area contributed by atoms with Crippen molar-refractivity contribution in [1.82, 2.24) is 4.98 Å². The van der Waals surface area contributed by atoms with E-state index in [1.165, 1.54) is 0 Å². The molecular formula is C17H17Cl2NO4. The van der Waals surface area contributed by atoms with E-state index in [4.69, 9.17) is 37.8 Å². The molecule has 1 aromatic carbocycles. The van der Waals surface area contributed by atoms with Crippen LogP contribution in [0.25, 0.3) is 0 Å². The highest BCUT2D eigenvalue weighted by molar-refractivity contribution is 6.42. The molecular weight excluding hydrogens is 353 g/mol. The lowest BCUT2D eigenvalue weighted by Gasteiger charge is -2.15. The first-order valence-electron chi connectivity index (χ1n) is 7.35. The first-order valence-corrected chi connectivity index (χ1v) is 8.11. The maximum atomic E-state index is 10.9. The van der Waals surface area contributed by atoms with Gasteiger partial charge in [0.1, 0.15) is 6.61 Å². The predicted molar refractivity (Wildman–Crippen MR) is 91.7 cm³/mol. The third-order valence-electron chi connectivity index (χ3n) is 3.23. The molecule has 0 amide bonds. The van der Waals surface area contributed by atoms with Crippen LogP contribution in [-0.2, 0) is 16.1 Å². The van der Waals surface area contributed by atoms with Crippen molar-refractivity contribution in [2.75, 3.05) is 6.61 Å². The van der Waals surface area contributed by atoms with E-state index in [0.717, 1.165) is 5.56 Å². The Hall–Kier alpha value is -1.82. The summed E-state index contributed by atoms with van der Waals surface area (Å²) in [6.45, 7) is 2.54. The number of carbonyl (C=O) groups is 1. The molecule has 0 aliphatic carbocycles. The Morgan fingerprint density at radius 1 is 1.25 bits per heavy atom. The van der Waals surface area contributed by atoms with Gasteiger partial charge >= 0.3 is 5.97 Å². The van der Waals surface area contributed by atoms with E-state index in [2.05, 4.69) is 4.98 Å². The van der Waals surface area contributed by atoms with Gasteiger partial charge in [0.05, 0.1) is 22.6 Å². The minimum atomic E-state index is -0.923. The highest BCUT2D eigenvalue weighted by Crippen LogP contribution is 2.24. The number of ether oxygens (including phenoxy) is 2. The van der Waals surface area contributed by atoms with Crippen LogP contribution in [0.15, 0.2) is 36.5 Å². The number of aliphatic carboxylic acids is 1. The summed E-state index contributed by atoms with van der Waals surface area (Å²) in [6, 6.07) is 8.69. The van der Waals surface area contributed by atoms with Crippen LogP contribution >= 0.6 is 23.2 Å². The molecule has 128 valence electrons. The number of hydrogen-bond donors (Lipinski definition) is 1. The maximum absolute atomic E-state index is 10.9. The monoisotopic (exact) mass is 369 g/mol. The standard InChI is InChI=1S/C17H17Cl2NO4/c1-2-23-15(8-17(21)22)12-4-6-16(20-9-12)24-10-11-3-5-13(18)14(19)7-11/h3-7,9,15H,2,8,10H2,1H3,(H,21,22). The second kappa shape index (κ2) is 8.87. The van der Waals surface area contributed by atoms with E-state index in [9.17, 15) is 4.79 Å². The number of rotatable bonds is 8. The highest BCUT2D eigenvalue weighted by atomic mass is 35.5. The molecule has 2 rings (SSSR count). The Balaban J connectivity index is 2.00. The molecule has 1 unspecified atom stereocenters. The molecule has 0 saturated carbocycles. The molecule has 0 radical (unpaired) electrons. The Morgan fingerprint density at radius 2 is 2.04 bits per heavy atom. The van der Waals surface area contributed by atoms with Crippen LogP contribution in [0.4, 0.5) is 0 Å². The molecule has 0 aliphatic heterocycles. The van der Waals surface area contributed by atoms with Crippen molar-refractivity contribution in [2.45, 2.75) is 26.1 Å². The van der Waals surface area contributed by atoms with Crippen LogP contribution in [0.2, 0.25) is 10.0 Å². The van der Waals surface area contributed by atoms with E-state index in [-0.39, 0.29) is 6.42 Å². The minimum Gasteiger partial charge on any atom is -0.481 e. The van der Waals surface area contributed by atoms with Crippen molar-refractivity contribution in [2.24, 2.45) is 0 Å². The molecule has 0 fully saturated rings. The van der Waals surface area contributed by atoms with Gasteiger partial charge in [-0.3, -0.25) is 4.79 Å². The molecule has 0 spiro atoms. The van der Waals surface area contributed by atoms with Gasteiger partial charge in [-0.15, -0.1) is 0 Å². The number of carboxylic acid groups (broad SMARTS) is 1. The van der Waals surface area contributed by atoms with Crippen molar-refractivity contribution in [1.29, 1.82) is 0 Å². The van der Waals surface area contributed by atoms with Crippen molar-refractivity contribution in [3.05, 3.63) is 57.7 Å². The maximum Gasteiger partial charge on any atom is 0.306 e. The van der Waals surface area contributed by atoms with Crippen molar-refractivity contribution >= 4 is 29.2 Å². The molecule has 7 heteroatoms. The van der Waals surface area contributed by atoms with E-state index in [1.54, 1.807) is 30.5 Å². The molecule has 0 bridgehead atoms. The van der Waals surface area contributed by atoms with Crippen LogP contribution < -0.4 is 4.74 Å². The Bertz CT molecular complexity index is 691. The van der Waals surface area contributed by atoms with E-state index in [0.29, 0.717) is 34.7 Å². The third kappa shape index (κ3) is 5.37. The first kappa shape index (κ1) is 18.5. The molecule has 1 N–H and O–H groups in total. The fourth-order valence-corrected chi connectivity index (χ4v) is 2.41. The Kier molecular flexibility index (Phi) is 6.85. The molecule has 1 aromatic heterocycles. The predicted octanol–water partition coefficient (Wildman–Crippen LogP) is 4.52. The third-order valence-corrected chi connectivity index (χ3v) is 3.97. The number of benzene rings is 1. The Labute approximate surface area is 150 Å². The van der Waals surface area contributed by atoms with Gasteiger partial charge in [-0.05, 0) is 36.2 Å². The second-order valence-corrected chi connectivity index (χ2v) is 5.82. The zero-order chi connectivity index (χ0) is 17.5. The number of pyridine rings is 1. The summed E-state index contributed by atoms with van der Waals surface area (Å²) in [6.07, 6.45) is 0.927. The molecule has 5 nitrogen and oxygen atoms in total. The van der Waals surface area contributed by atoms with Gasteiger partial charge in [-0.2, -0.15) is 0 Å². The van der Waals surface area contributed by atoms with Gasteiger partial charge in [-0.25, -0.2) is 4.98 Å².